The minimum Gasteiger partial charge on any atom is -0.508 e. The molecule has 3 aliphatic rings. The number of para-hydroxylation sites is 1. The number of phenolic OH excluding ortho intramolecular Hbond substituents is 1. The molecule has 2 atom stereocenters. The number of carbonyl (C=O) groups is 5. The molecule has 3 aromatic carbocycles. The molecule has 58 heavy (non-hydrogen) atoms. The van der Waals surface area contributed by atoms with Gasteiger partial charge in [0.15, 0.2) is 5.78 Å². The van der Waals surface area contributed by atoms with E-state index in [2.05, 4.69) is 6.58 Å². The number of ketones is 1. The molecule has 3 fully saturated rings. The number of benzene rings is 3. The van der Waals surface area contributed by atoms with Crippen molar-refractivity contribution in [1.82, 2.24) is 29.3 Å². The summed E-state index contributed by atoms with van der Waals surface area (Å²) in [7, 11) is 1.89. The van der Waals surface area contributed by atoms with Crippen molar-refractivity contribution in [1.29, 1.82) is 0 Å². The summed E-state index contributed by atoms with van der Waals surface area (Å²) in [6.45, 7) is 5.30. The lowest BCUT2D eigenvalue weighted by Crippen LogP contribution is -2.75. The molecule has 0 bridgehead atoms. The Morgan fingerprint density at radius 3 is 2.34 bits per heavy atom. The number of likely N-dealkylation sites (tertiary alicyclic amines) is 1. The molecule has 0 saturated carbocycles. The lowest BCUT2D eigenvalue weighted by Gasteiger charge is -2.55. The molecule has 0 unspecified atom stereocenters. The maximum absolute atomic E-state index is 14.7. The molecule has 4 amide bonds. The fraction of sp³-hybridized carbons (Fsp3) is 0.400. The van der Waals surface area contributed by atoms with Crippen LogP contribution in [0.15, 0.2) is 91.6 Å². The zero-order valence-corrected chi connectivity index (χ0v) is 33.0. The zero-order chi connectivity index (χ0) is 40.9. The van der Waals surface area contributed by atoms with Gasteiger partial charge in [-0.1, -0.05) is 66.7 Å². The third kappa shape index (κ3) is 8.56. The van der Waals surface area contributed by atoms with Crippen LogP contribution in [0.25, 0.3) is 10.9 Å². The summed E-state index contributed by atoms with van der Waals surface area (Å²) < 4.78 is 1.93. The van der Waals surface area contributed by atoms with Gasteiger partial charge in [0.25, 0.3) is 0 Å². The molecule has 1 aromatic heterocycles. The van der Waals surface area contributed by atoms with Gasteiger partial charge in [-0.3, -0.25) is 24.0 Å². The lowest BCUT2D eigenvalue weighted by molar-refractivity contribution is -0.205. The summed E-state index contributed by atoms with van der Waals surface area (Å²) in [6.07, 6.45) is 5.55. The smallest absolute Gasteiger partial charge is 0.246 e. The third-order valence-corrected chi connectivity index (χ3v) is 11.8. The first-order valence-corrected chi connectivity index (χ1v) is 20.1. The predicted molar refractivity (Wildman–Crippen MR) is 218 cm³/mol. The van der Waals surface area contributed by atoms with Crippen LogP contribution in [0.1, 0.15) is 59.2 Å². The first-order valence-electron chi connectivity index (χ1n) is 20.1. The molecule has 0 radical (unpaired) electrons. The Labute approximate surface area is 338 Å². The molecule has 2 N–H and O–H groups in total. The highest BCUT2D eigenvalue weighted by molar-refractivity contribution is 6.09. The van der Waals surface area contributed by atoms with E-state index in [1.54, 1.807) is 55.1 Å². The number of Topliss-reactive ketones (excluding diaryl/α,β-unsaturated/α-hetero) is 1. The summed E-state index contributed by atoms with van der Waals surface area (Å²) in [5.74, 6) is -0.487. The second kappa shape index (κ2) is 17.8. The average Bonchev–Trinajstić information content (AvgIpc) is 3.57. The van der Waals surface area contributed by atoms with Gasteiger partial charge in [-0.05, 0) is 54.0 Å². The third-order valence-electron chi connectivity index (χ3n) is 11.8. The lowest BCUT2D eigenvalue weighted by atomic mass is 9.89. The van der Waals surface area contributed by atoms with Gasteiger partial charge in [0.05, 0.1) is 25.2 Å². The number of hydrogen-bond donors (Lipinski definition) is 2. The van der Waals surface area contributed by atoms with Crippen molar-refractivity contribution in [2.75, 3.05) is 39.3 Å². The molecule has 4 aromatic rings. The van der Waals surface area contributed by atoms with Crippen LogP contribution in [0.3, 0.4) is 0 Å². The molecule has 3 saturated heterocycles. The van der Waals surface area contributed by atoms with E-state index in [1.165, 1.54) is 0 Å². The Morgan fingerprint density at radius 1 is 0.897 bits per heavy atom. The predicted octanol–water partition coefficient (Wildman–Crippen LogP) is 4.06. The van der Waals surface area contributed by atoms with E-state index in [-0.39, 0.29) is 93.1 Å². The summed E-state index contributed by atoms with van der Waals surface area (Å²) >= 11 is 0. The summed E-state index contributed by atoms with van der Waals surface area (Å²) in [4.78, 5) is 74.3. The van der Waals surface area contributed by atoms with Crippen molar-refractivity contribution in [3.8, 4) is 5.75 Å². The number of aliphatic hydroxyl groups excluding tert-OH is 1. The average molecular weight is 789 g/mol. The molecular formula is C45H52N6O7. The standard InChI is InChI=1S/C45H52N6O7/c1-3-21-49-30-43(57)50-38(25-32-12-15-35(53)16-13-32)45(58)48(29-40(50)51(49)42(56)17-14-31-8-5-4-6-9-31)27-34-10-7-11-36-37(28-46(2)44(34)36)39(54)26-33-18-22-47(23-19-33)41(55)20-24-52/h3-13,15-16,28,33,38,40,52-53H,1,14,17-27,29-30H2,2H3/t38-,40-/m0/s1. The van der Waals surface area contributed by atoms with Gasteiger partial charge < -0.3 is 29.5 Å². The van der Waals surface area contributed by atoms with Crippen molar-refractivity contribution in [2.45, 2.75) is 63.7 Å². The number of piperazine rings is 1. The van der Waals surface area contributed by atoms with Gasteiger partial charge in [-0.25, -0.2) is 10.0 Å². The normalized spacial score (nSPS) is 19.1. The number of carbonyl (C=O) groups excluding carboxylic acids is 5. The van der Waals surface area contributed by atoms with E-state index in [0.717, 1.165) is 40.4 Å². The van der Waals surface area contributed by atoms with Crippen LogP contribution in [0.5, 0.6) is 5.75 Å². The van der Waals surface area contributed by atoms with Gasteiger partial charge >= 0.3 is 0 Å². The van der Waals surface area contributed by atoms with E-state index in [1.807, 2.05) is 66.3 Å². The molecule has 0 spiro atoms. The van der Waals surface area contributed by atoms with Crippen LogP contribution in [0, 0.1) is 5.92 Å². The summed E-state index contributed by atoms with van der Waals surface area (Å²) in [5, 5.41) is 23.3. The van der Waals surface area contributed by atoms with Crippen LogP contribution < -0.4 is 0 Å². The number of aromatic hydroxyl groups is 1. The SMILES string of the molecule is C=CCN1CC(=O)N2[C@@H](Cc3ccc(O)cc3)C(=O)N(Cc3cccc4c(C(=O)CC5CCN(C(=O)CCO)CC5)cn(C)c34)C[C@@H]2N1C(=O)CCc1ccccc1. The number of amides is 4. The minimum atomic E-state index is -0.916. The van der Waals surface area contributed by atoms with Crippen molar-refractivity contribution >= 4 is 40.3 Å². The van der Waals surface area contributed by atoms with E-state index in [4.69, 9.17) is 5.11 Å². The number of hydrogen-bond acceptors (Lipinski definition) is 8. The molecule has 304 valence electrons. The first-order chi connectivity index (χ1) is 28.1. The van der Waals surface area contributed by atoms with Crippen molar-refractivity contribution in [3.05, 3.63) is 114 Å². The van der Waals surface area contributed by atoms with E-state index in [9.17, 15) is 29.1 Å². The monoisotopic (exact) mass is 788 g/mol. The maximum atomic E-state index is 14.7. The zero-order valence-electron chi connectivity index (χ0n) is 33.0. The van der Waals surface area contributed by atoms with E-state index < -0.39 is 12.2 Å². The number of nitrogens with zero attached hydrogens (tertiary/aromatic N) is 6. The summed E-state index contributed by atoms with van der Waals surface area (Å²) in [6, 6.07) is 21.2. The fourth-order valence-corrected chi connectivity index (χ4v) is 8.89. The molecule has 4 heterocycles. The van der Waals surface area contributed by atoms with Gasteiger partial charge in [-0.2, -0.15) is 0 Å². The molecule has 7 rings (SSSR count). The van der Waals surface area contributed by atoms with Gasteiger partial charge in [0.2, 0.25) is 23.6 Å². The Balaban J connectivity index is 1.17. The van der Waals surface area contributed by atoms with Crippen molar-refractivity contribution in [3.63, 3.8) is 0 Å². The highest BCUT2D eigenvalue weighted by atomic mass is 16.3. The molecule has 3 aliphatic heterocycles. The largest absolute Gasteiger partial charge is 0.508 e. The number of piperidine rings is 1. The van der Waals surface area contributed by atoms with E-state index >= 15 is 0 Å². The van der Waals surface area contributed by atoms with Gasteiger partial charge in [-0.15, -0.1) is 6.58 Å². The highest BCUT2D eigenvalue weighted by Gasteiger charge is 2.51. The Bertz CT molecular complexity index is 2160. The Kier molecular flexibility index (Phi) is 12.4. The maximum Gasteiger partial charge on any atom is 0.246 e. The topological polar surface area (TPSA) is 147 Å². The molecular weight excluding hydrogens is 737 g/mol. The highest BCUT2D eigenvalue weighted by Crippen LogP contribution is 2.33. The van der Waals surface area contributed by atoms with Crippen molar-refractivity contribution in [2.24, 2.45) is 13.0 Å². The van der Waals surface area contributed by atoms with Gasteiger partial charge in [0, 0.05) is 76.1 Å². The first kappa shape index (κ1) is 40.4. The van der Waals surface area contributed by atoms with Gasteiger partial charge in [0.1, 0.15) is 18.0 Å². The minimum absolute atomic E-state index is 0.0224. The van der Waals surface area contributed by atoms with Crippen LogP contribution in [0.2, 0.25) is 0 Å². The van der Waals surface area contributed by atoms with Crippen molar-refractivity contribution < 1.29 is 34.2 Å². The second-order valence-electron chi connectivity index (χ2n) is 15.6. The Morgan fingerprint density at radius 2 is 1.64 bits per heavy atom. The number of aryl methyl sites for hydroxylation is 2. The number of fused-ring (bicyclic) bond motifs is 2. The van der Waals surface area contributed by atoms with E-state index in [0.29, 0.717) is 31.5 Å². The van der Waals surface area contributed by atoms with Crippen LogP contribution in [-0.2, 0) is 45.6 Å². The Hall–Kier alpha value is -5.79. The van der Waals surface area contributed by atoms with Crippen LogP contribution in [-0.4, -0.2) is 120 Å². The summed E-state index contributed by atoms with van der Waals surface area (Å²) in [5.41, 5.74) is 4.03. The molecule has 13 heteroatoms. The fourth-order valence-electron chi connectivity index (χ4n) is 8.89. The number of aliphatic hydroxyl groups is 1. The number of phenols is 1. The second-order valence-corrected chi connectivity index (χ2v) is 15.6. The number of rotatable bonds is 14. The molecule has 13 nitrogen and oxygen atoms in total. The van der Waals surface area contributed by atoms with Crippen LogP contribution in [0.4, 0.5) is 0 Å². The number of aromatic nitrogens is 1. The van der Waals surface area contributed by atoms with Crippen LogP contribution >= 0.6 is 0 Å². The molecule has 0 aliphatic carbocycles. The quantitative estimate of drug-likeness (QED) is 0.144. The number of hydrazine groups is 1.